The summed E-state index contributed by atoms with van der Waals surface area (Å²) in [5.41, 5.74) is 6.73. The number of morpholine rings is 1. The number of aryl methyl sites for hydroxylation is 1. The minimum Gasteiger partial charge on any atom is -0.453 e. The molecule has 4 heterocycles. The van der Waals surface area contributed by atoms with Gasteiger partial charge >= 0.3 is 6.09 Å². The summed E-state index contributed by atoms with van der Waals surface area (Å²) in [6.45, 7) is 4.16. The Morgan fingerprint density at radius 1 is 1.24 bits per heavy atom. The molecule has 0 atom stereocenters. The maximum Gasteiger partial charge on any atom is 0.413 e. The van der Waals surface area contributed by atoms with Gasteiger partial charge in [0.05, 0.1) is 53.0 Å². The molecule has 0 unspecified atom stereocenters. The van der Waals surface area contributed by atoms with Gasteiger partial charge in [-0.25, -0.2) is 14.5 Å². The number of fused-ring (bicyclic) bond motifs is 3. The number of amides is 1. The van der Waals surface area contributed by atoms with Crippen LogP contribution in [-0.2, 0) is 28.9 Å². The standard InChI is InChI=1S/C26H25ClN6O3S/c1-35-26(34)30-25-29-20-6-5-18-22(17-3-2-8-28-14-17)31-33(23(18)24(20)37-25)21-7-4-16(13-19(21)27)15-32-9-11-36-12-10-32/h2-4,7-8,13-14H,5-6,9-12,15H2,1H3,(H,29,30,34). The number of ether oxygens (including phenoxy) is 2. The van der Waals surface area contributed by atoms with Crippen molar-refractivity contribution in [2.75, 3.05) is 38.7 Å². The van der Waals surface area contributed by atoms with E-state index in [1.54, 1.807) is 6.20 Å². The second-order valence-electron chi connectivity index (χ2n) is 8.91. The number of pyridine rings is 1. The summed E-state index contributed by atoms with van der Waals surface area (Å²) in [6, 6.07) is 10.1. The first-order chi connectivity index (χ1) is 18.1. The number of carbonyl (C=O) groups is 1. The lowest BCUT2D eigenvalue weighted by atomic mass is 9.95. The molecule has 1 fully saturated rings. The molecule has 1 aromatic carbocycles. The first-order valence-corrected chi connectivity index (χ1v) is 13.3. The largest absolute Gasteiger partial charge is 0.453 e. The average molecular weight is 537 g/mol. The van der Waals surface area contributed by atoms with Gasteiger partial charge in [-0.05, 0) is 42.7 Å². The number of thiazole rings is 1. The van der Waals surface area contributed by atoms with Crippen LogP contribution in [0.2, 0.25) is 5.02 Å². The molecule has 0 bridgehead atoms. The van der Waals surface area contributed by atoms with E-state index in [0.717, 1.165) is 90.0 Å². The molecule has 1 saturated heterocycles. The van der Waals surface area contributed by atoms with Gasteiger partial charge < -0.3 is 9.47 Å². The molecule has 1 amide bonds. The SMILES string of the molecule is COC(=O)Nc1nc2c(s1)-c1c(c(-c3cccnc3)nn1-c1ccc(CN3CCOCC3)cc1Cl)CC2. The van der Waals surface area contributed by atoms with E-state index in [-0.39, 0.29) is 0 Å². The van der Waals surface area contributed by atoms with E-state index >= 15 is 0 Å². The second kappa shape index (κ2) is 10.2. The van der Waals surface area contributed by atoms with E-state index < -0.39 is 6.09 Å². The van der Waals surface area contributed by atoms with Crippen molar-refractivity contribution >= 4 is 34.2 Å². The van der Waals surface area contributed by atoms with Gasteiger partial charge in [-0.2, -0.15) is 5.10 Å². The normalized spacial score (nSPS) is 15.2. The number of aromatic nitrogens is 4. The zero-order valence-corrected chi connectivity index (χ0v) is 21.8. The number of rotatable bonds is 5. The highest BCUT2D eigenvalue weighted by atomic mass is 35.5. The second-order valence-corrected chi connectivity index (χ2v) is 10.3. The Kier molecular flexibility index (Phi) is 6.64. The van der Waals surface area contributed by atoms with Crippen molar-refractivity contribution < 1.29 is 14.3 Å². The lowest BCUT2D eigenvalue weighted by Gasteiger charge is -2.26. The summed E-state index contributed by atoms with van der Waals surface area (Å²) in [6.07, 6.45) is 4.54. The molecular weight excluding hydrogens is 512 g/mol. The maximum absolute atomic E-state index is 11.8. The number of hydrogen-bond donors (Lipinski definition) is 1. The monoisotopic (exact) mass is 536 g/mol. The van der Waals surface area contributed by atoms with Crippen molar-refractivity contribution in [1.29, 1.82) is 0 Å². The van der Waals surface area contributed by atoms with Crippen LogP contribution in [-0.4, -0.2) is 64.2 Å². The smallest absolute Gasteiger partial charge is 0.413 e. The van der Waals surface area contributed by atoms with Crippen LogP contribution < -0.4 is 5.32 Å². The van der Waals surface area contributed by atoms with E-state index in [2.05, 4.69) is 26.3 Å². The van der Waals surface area contributed by atoms with Gasteiger partial charge in [0.1, 0.15) is 0 Å². The zero-order chi connectivity index (χ0) is 25.4. The topological polar surface area (TPSA) is 94.4 Å². The summed E-state index contributed by atoms with van der Waals surface area (Å²) < 4.78 is 12.1. The third-order valence-electron chi connectivity index (χ3n) is 6.59. The van der Waals surface area contributed by atoms with Crippen LogP contribution >= 0.6 is 22.9 Å². The number of hydrogen-bond acceptors (Lipinski definition) is 8. The molecule has 37 heavy (non-hydrogen) atoms. The molecular formula is C26H25ClN6O3S. The predicted octanol–water partition coefficient (Wildman–Crippen LogP) is 4.82. The van der Waals surface area contributed by atoms with Gasteiger partial charge in [-0.15, -0.1) is 0 Å². The van der Waals surface area contributed by atoms with E-state index in [9.17, 15) is 4.79 Å². The molecule has 9 nitrogen and oxygen atoms in total. The molecule has 0 saturated carbocycles. The Morgan fingerprint density at radius 2 is 2.11 bits per heavy atom. The van der Waals surface area contributed by atoms with Gasteiger partial charge in [0.2, 0.25) is 0 Å². The van der Waals surface area contributed by atoms with Crippen LogP contribution in [0.3, 0.4) is 0 Å². The molecule has 1 N–H and O–H groups in total. The van der Waals surface area contributed by atoms with Crippen LogP contribution in [0.4, 0.5) is 9.93 Å². The van der Waals surface area contributed by atoms with Crippen LogP contribution in [0.1, 0.15) is 16.8 Å². The first kappa shape index (κ1) is 24.1. The molecule has 6 rings (SSSR count). The van der Waals surface area contributed by atoms with Gasteiger partial charge in [0, 0.05) is 43.2 Å². The molecule has 2 aliphatic rings. The van der Waals surface area contributed by atoms with Crippen LogP contribution in [0.25, 0.3) is 27.5 Å². The lowest BCUT2D eigenvalue weighted by Crippen LogP contribution is -2.35. The third kappa shape index (κ3) is 4.73. The van der Waals surface area contributed by atoms with Crippen LogP contribution in [0.5, 0.6) is 0 Å². The summed E-state index contributed by atoms with van der Waals surface area (Å²) in [7, 11) is 1.33. The summed E-state index contributed by atoms with van der Waals surface area (Å²) in [5, 5.41) is 8.87. The van der Waals surface area contributed by atoms with Crippen molar-refractivity contribution in [2.45, 2.75) is 19.4 Å². The van der Waals surface area contributed by atoms with E-state index in [4.69, 9.17) is 26.2 Å². The number of carbonyl (C=O) groups excluding carboxylic acids is 1. The number of halogens is 1. The highest BCUT2D eigenvalue weighted by Gasteiger charge is 2.30. The minimum absolute atomic E-state index is 0.493. The fourth-order valence-electron chi connectivity index (χ4n) is 4.81. The quantitative estimate of drug-likeness (QED) is 0.391. The van der Waals surface area contributed by atoms with Crippen molar-refractivity contribution in [3.8, 4) is 27.5 Å². The summed E-state index contributed by atoms with van der Waals surface area (Å²) >= 11 is 8.31. The molecule has 4 aromatic rings. The van der Waals surface area contributed by atoms with E-state index in [1.807, 2.05) is 35.1 Å². The Labute approximate surface area is 223 Å². The lowest BCUT2D eigenvalue weighted by molar-refractivity contribution is 0.0342. The van der Waals surface area contributed by atoms with Crippen molar-refractivity contribution in [1.82, 2.24) is 24.6 Å². The average Bonchev–Trinajstić information content (AvgIpc) is 3.51. The van der Waals surface area contributed by atoms with E-state index in [0.29, 0.717) is 10.2 Å². The van der Waals surface area contributed by atoms with E-state index in [1.165, 1.54) is 18.4 Å². The van der Waals surface area contributed by atoms with Crippen LogP contribution in [0, 0.1) is 0 Å². The van der Waals surface area contributed by atoms with Gasteiger partial charge in [0.15, 0.2) is 5.13 Å². The van der Waals surface area contributed by atoms with Crippen molar-refractivity contribution in [3.05, 3.63) is 64.6 Å². The van der Waals surface area contributed by atoms with Gasteiger partial charge in [0.25, 0.3) is 0 Å². The fourth-order valence-corrected chi connectivity index (χ4v) is 6.15. The Morgan fingerprint density at radius 3 is 2.86 bits per heavy atom. The zero-order valence-electron chi connectivity index (χ0n) is 20.2. The number of nitrogens with one attached hydrogen (secondary N) is 1. The third-order valence-corrected chi connectivity index (χ3v) is 7.91. The number of anilines is 1. The predicted molar refractivity (Wildman–Crippen MR) is 142 cm³/mol. The van der Waals surface area contributed by atoms with Crippen molar-refractivity contribution in [3.63, 3.8) is 0 Å². The first-order valence-electron chi connectivity index (χ1n) is 12.1. The Hall–Kier alpha value is -3.31. The van der Waals surface area contributed by atoms with Crippen molar-refractivity contribution in [2.24, 2.45) is 0 Å². The highest BCUT2D eigenvalue weighted by molar-refractivity contribution is 7.19. The molecule has 0 spiro atoms. The molecule has 190 valence electrons. The Balaban J connectivity index is 1.44. The Bertz CT molecular complexity index is 1450. The summed E-state index contributed by atoms with van der Waals surface area (Å²) in [5.74, 6) is 0. The van der Waals surface area contributed by atoms with Crippen LogP contribution in [0.15, 0.2) is 42.7 Å². The molecule has 1 aliphatic heterocycles. The molecule has 0 radical (unpaired) electrons. The fraction of sp³-hybridized carbons (Fsp3) is 0.308. The molecule has 3 aromatic heterocycles. The minimum atomic E-state index is -0.547. The maximum atomic E-state index is 11.8. The summed E-state index contributed by atoms with van der Waals surface area (Å²) in [4.78, 5) is 24.1. The number of nitrogens with zero attached hydrogens (tertiary/aromatic N) is 5. The number of benzene rings is 1. The van der Waals surface area contributed by atoms with Gasteiger partial charge in [-0.1, -0.05) is 29.0 Å². The molecule has 11 heteroatoms. The molecule has 1 aliphatic carbocycles. The number of methoxy groups -OCH3 is 1. The highest BCUT2D eigenvalue weighted by Crippen LogP contribution is 2.44. The van der Waals surface area contributed by atoms with Gasteiger partial charge in [-0.3, -0.25) is 15.2 Å².